The molecule has 18 heavy (non-hydrogen) atoms. The van der Waals surface area contributed by atoms with Crippen LogP contribution < -0.4 is 0 Å². The lowest BCUT2D eigenvalue weighted by molar-refractivity contribution is -0.153. The molecule has 0 fully saturated rings. The average Bonchev–Trinajstić information content (AvgIpc) is 2.25. The van der Waals surface area contributed by atoms with Crippen molar-refractivity contribution in [2.45, 2.75) is 59.5 Å². The van der Waals surface area contributed by atoms with Crippen LogP contribution in [-0.2, 0) is 9.53 Å². The van der Waals surface area contributed by atoms with E-state index >= 15 is 0 Å². The first kappa shape index (κ1) is 16.9. The largest absolute Gasteiger partial charge is 0.465 e. The van der Waals surface area contributed by atoms with E-state index in [1.165, 1.54) is 0 Å². The molecule has 0 amide bonds. The second-order valence-electron chi connectivity index (χ2n) is 5.08. The highest BCUT2D eigenvalue weighted by atomic mass is 16.5. The van der Waals surface area contributed by atoms with Crippen molar-refractivity contribution in [1.29, 1.82) is 0 Å². The Balaban J connectivity index is 4.90. The summed E-state index contributed by atoms with van der Waals surface area (Å²) in [4.78, 5) is 11.8. The summed E-state index contributed by atoms with van der Waals surface area (Å²) in [5.41, 5.74) is 3.05. The molecular weight excluding hydrogens is 228 g/mol. The third-order valence-corrected chi connectivity index (χ3v) is 2.70. The first-order chi connectivity index (χ1) is 8.32. The summed E-state index contributed by atoms with van der Waals surface area (Å²) in [6.45, 7) is 9.40. The maximum absolute atomic E-state index is 11.8. The highest BCUT2D eigenvalue weighted by Gasteiger charge is 2.32. The smallest absolute Gasteiger partial charge is 0.316 e. The third-order valence-electron chi connectivity index (χ3n) is 2.70. The van der Waals surface area contributed by atoms with Crippen LogP contribution in [0, 0.1) is 5.92 Å². The average molecular weight is 254 g/mol. The van der Waals surface area contributed by atoms with Crippen molar-refractivity contribution in [2.24, 2.45) is 5.92 Å². The number of aliphatic hydroxyl groups is 1. The van der Waals surface area contributed by atoms with Gasteiger partial charge in [-0.1, -0.05) is 13.3 Å². The molecule has 104 valence electrons. The fourth-order valence-corrected chi connectivity index (χ4v) is 1.53. The first-order valence-electron chi connectivity index (χ1n) is 6.64. The van der Waals surface area contributed by atoms with Gasteiger partial charge in [0, 0.05) is 0 Å². The lowest BCUT2D eigenvalue weighted by Gasteiger charge is -2.24. The van der Waals surface area contributed by atoms with E-state index in [4.69, 9.17) is 4.74 Å². The van der Waals surface area contributed by atoms with Crippen LogP contribution in [-0.4, -0.2) is 23.3 Å². The van der Waals surface area contributed by atoms with E-state index in [9.17, 15) is 9.90 Å². The Bertz CT molecular complexity index is 317. The van der Waals surface area contributed by atoms with Gasteiger partial charge in [0.05, 0.1) is 12.2 Å². The molecule has 0 heterocycles. The maximum atomic E-state index is 11.8. The Morgan fingerprint density at radius 1 is 1.44 bits per heavy atom. The zero-order chi connectivity index (χ0) is 14.2. The molecule has 0 aliphatic heterocycles. The van der Waals surface area contributed by atoms with Crippen molar-refractivity contribution in [3.8, 4) is 0 Å². The van der Waals surface area contributed by atoms with Crippen LogP contribution in [0.1, 0.15) is 53.9 Å². The van der Waals surface area contributed by atoms with Crippen LogP contribution in [0.2, 0.25) is 0 Å². The van der Waals surface area contributed by atoms with E-state index in [0.29, 0.717) is 6.61 Å². The van der Waals surface area contributed by atoms with Crippen LogP contribution >= 0.6 is 0 Å². The molecule has 0 radical (unpaired) electrons. The van der Waals surface area contributed by atoms with E-state index in [0.717, 1.165) is 24.8 Å². The quantitative estimate of drug-likeness (QED) is 0.560. The van der Waals surface area contributed by atoms with E-state index < -0.39 is 17.5 Å². The van der Waals surface area contributed by atoms with E-state index in [-0.39, 0.29) is 0 Å². The number of carbonyl (C=O) groups excluding carboxylic acids is 1. The van der Waals surface area contributed by atoms with Crippen molar-refractivity contribution in [1.82, 2.24) is 0 Å². The van der Waals surface area contributed by atoms with Gasteiger partial charge in [0.1, 0.15) is 5.92 Å². The molecule has 0 bridgehead atoms. The fourth-order valence-electron chi connectivity index (χ4n) is 1.53. The number of hydrogen-bond donors (Lipinski definition) is 1. The van der Waals surface area contributed by atoms with Gasteiger partial charge in [0.25, 0.3) is 0 Å². The minimum absolute atomic E-state index is 0.317. The second-order valence-corrected chi connectivity index (χ2v) is 5.08. The van der Waals surface area contributed by atoms with Gasteiger partial charge in [-0.2, -0.15) is 0 Å². The maximum Gasteiger partial charge on any atom is 0.316 e. The molecule has 1 atom stereocenters. The number of rotatable bonds is 7. The molecule has 0 saturated heterocycles. The fraction of sp³-hybridized carbons (Fsp3) is 0.733. The third kappa shape index (κ3) is 6.63. The summed E-state index contributed by atoms with van der Waals surface area (Å²) < 4.78 is 4.96. The van der Waals surface area contributed by atoms with Gasteiger partial charge in [-0.05, 0) is 52.2 Å². The Morgan fingerprint density at radius 2 is 2.06 bits per heavy atom. The highest BCUT2D eigenvalue weighted by molar-refractivity contribution is 5.75. The van der Waals surface area contributed by atoms with Crippen LogP contribution in [0.4, 0.5) is 0 Å². The summed E-state index contributed by atoms with van der Waals surface area (Å²) in [5.74, 6) is -1.07. The summed E-state index contributed by atoms with van der Waals surface area (Å²) in [7, 11) is 0. The summed E-state index contributed by atoms with van der Waals surface area (Å²) in [6, 6.07) is 0. The van der Waals surface area contributed by atoms with Crippen molar-refractivity contribution in [3.63, 3.8) is 0 Å². The lowest BCUT2D eigenvalue weighted by atomic mass is 9.90. The van der Waals surface area contributed by atoms with E-state index in [2.05, 4.69) is 12.7 Å². The zero-order valence-electron chi connectivity index (χ0n) is 12.2. The Kier molecular flexibility index (Phi) is 7.65. The summed E-state index contributed by atoms with van der Waals surface area (Å²) in [6.07, 6.45) is 4.84. The molecular formula is C15H26O3. The van der Waals surface area contributed by atoms with Gasteiger partial charge >= 0.3 is 5.97 Å². The van der Waals surface area contributed by atoms with Gasteiger partial charge in [-0.3, -0.25) is 4.79 Å². The van der Waals surface area contributed by atoms with Crippen LogP contribution in [0.5, 0.6) is 0 Å². The predicted molar refractivity (Wildman–Crippen MR) is 73.2 cm³/mol. The van der Waals surface area contributed by atoms with Crippen LogP contribution in [0.15, 0.2) is 17.4 Å². The molecule has 3 nitrogen and oxygen atoms in total. The van der Waals surface area contributed by atoms with Crippen LogP contribution in [0.25, 0.3) is 0 Å². The van der Waals surface area contributed by atoms with Crippen molar-refractivity contribution < 1.29 is 14.6 Å². The van der Waals surface area contributed by atoms with E-state index in [1.807, 2.05) is 6.92 Å². The molecule has 1 N–H and O–H groups in total. The predicted octanol–water partition coefficient (Wildman–Crippen LogP) is 3.23. The van der Waals surface area contributed by atoms with Gasteiger partial charge in [0.2, 0.25) is 0 Å². The molecule has 0 rings (SSSR count). The van der Waals surface area contributed by atoms with Gasteiger partial charge in [-0.25, -0.2) is 0 Å². The number of unbranched alkanes of at least 4 members (excludes halogenated alkanes) is 1. The monoisotopic (exact) mass is 254 g/mol. The molecule has 0 aliphatic carbocycles. The Labute approximate surface area is 111 Å². The molecule has 3 heteroatoms. The standard InChI is InChI=1S/C15H26O3/c1-6-8-9-12(3)10-11-13(15(4,5)17)14(16)18-7-2/h11,13,17H,6-9H2,1-5H3. The minimum atomic E-state index is -1.13. The summed E-state index contributed by atoms with van der Waals surface area (Å²) >= 11 is 0. The Morgan fingerprint density at radius 3 is 2.50 bits per heavy atom. The lowest BCUT2D eigenvalue weighted by Crippen LogP contribution is -2.36. The molecule has 1 unspecified atom stereocenters. The van der Waals surface area contributed by atoms with Gasteiger partial charge < -0.3 is 9.84 Å². The number of hydrogen-bond acceptors (Lipinski definition) is 3. The second kappa shape index (κ2) is 8.12. The van der Waals surface area contributed by atoms with E-state index in [1.54, 1.807) is 26.8 Å². The SMILES string of the molecule is CCCCC(C)=C=CC(C(=O)OCC)C(C)(C)O. The number of esters is 1. The molecule has 0 saturated carbocycles. The Hall–Kier alpha value is -1.05. The van der Waals surface area contributed by atoms with Crippen molar-refractivity contribution in [2.75, 3.05) is 6.61 Å². The number of ether oxygens (including phenoxy) is 1. The minimum Gasteiger partial charge on any atom is -0.465 e. The normalized spacial score (nSPS) is 12.6. The first-order valence-corrected chi connectivity index (χ1v) is 6.64. The highest BCUT2D eigenvalue weighted by Crippen LogP contribution is 2.19. The topological polar surface area (TPSA) is 46.5 Å². The molecule has 0 aromatic heterocycles. The molecule has 0 aromatic rings. The van der Waals surface area contributed by atoms with Gasteiger partial charge in [-0.15, -0.1) is 5.73 Å². The van der Waals surface area contributed by atoms with Gasteiger partial charge in [0.15, 0.2) is 0 Å². The van der Waals surface area contributed by atoms with Crippen LogP contribution in [0.3, 0.4) is 0 Å². The molecule has 0 aromatic carbocycles. The van der Waals surface area contributed by atoms with Crippen molar-refractivity contribution in [3.05, 3.63) is 17.4 Å². The molecule has 0 aliphatic rings. The zero-order valence-corrected chi connectivity index (χ0v) is 12.2. The summed E-state index contributed by atoms with van der Waals surface area (Å²) in [5, 5.41) is 9.98. The van der Waals surface area contributed by atoms with Crippen molar-refractivity contribution >= 4 is 5.97 Å². The number of carbonyl (C=O) groups is 1. The molecule has 0 spiro atoms.